The molecule has 0 saturated carbocycles. The number of allylic oxidation sites excluding steroid dienone is 2. The molecule has 2 aromatic rings. The lowest BCUT2D eigenvalue weighted by Crippen LogP contribution is -2.14. The van der Waals surface area contributed by atoms with Crippen molar-refractivity contribution >= 4 is 16.8 Å². The van der Waals surface area contributed by atoms with E-state index in [2.05, 4.69) is 0 Å². The van der Waals surface area contributed by atoms with Crippen molar-refractivity contribution < 1.29 is 0 Å². The molecular weight excluding hydrogens is 360 g/mol. The maximum Gasteiger partial charge on any atom is 0.148 e. The molecule has 136 valence electrons. The molecule has 0 aliphatic carbocycles. The second kappa shape index (κ2) is 9.21. The first-order valence-electron chi connectivity index (χ1n) is 8.38. The standard InChI is InChI=1S/C23H14N6/c1-29(2)21-9-7-18(8-10-21)23(22(15-28)20(13-26)14-27)17-5-3-16(4-6-17)19(11-24)12-25/h3-10H,1-2H3. The number of nitriles is 5. The maximum atomic E-state index is 9.68. The number of benzene rings is 2. The average Bonchev–Trinajstić information content (AvgIpc) is 2.75. The molecule has 0 fully saturated rings. The van der Waals surface area contributed by atoms with Crippen molar-refractivity contribution in [3.05, 3.63) is 75.7 Å². The first-order chi connectivity index (χ1) is 14.0. The summed E-state index contributed by atoms with van der Waals surface area (Å²) in [4.78, 5) is 1.93. The molecule has 2 rings (SSSR count). The monoisotopic (exact) mass is 374 g/mol. The van der Waals surface area contributed by atoms with Gasteiger partial charge in [-0.15, -0.1) is 0 Å². The summed E-state index contributed by atoms with van der Waals surface area (Å²) in [6.07, 6.45) is 0. The number of rotatable bonds is 3. The second-order valence-corrected chi connectivity index (χ2v) is 6.08. The molecule has 0 atom stereocenters. The fourth-order valence-electron chi connectivity index (χ4n) is 2.71. The van der Waals surface area contributed by atoms with Crippen LogP contribution in [0.5, 0.6) is 0 Å². The number of hydrogen-bond donors (Lipinski definition) is 0. The second-order valence-electron chi connectivity index (χ2n) is 6.08. The Balaban J connectivity index is 2.94. The molecular formula is C23H14N6. The fraction of sp³-hybridized carbons (Fsp3) is 0.0870. The summed E-state index contributed by atoms with van der Waals surface area (Å²) in [5.74, 6) is 0. The molecule has 29 heavy (non-hydrogen) atoms. The third kappa shape index (κ3) is 4.30. The zero-order valence-electron chi connectivity index (χ0n) is 15.8. The van der Waals surface area contributed by atoms with E-state index < -0.39 is 0 Å². The van der Waals surface area contributed by atoms with E-state index in [-0.39, 0.29) is 16.7 Å². The highest BCUT2D eigenvalue weighted by Crippen LogP contribution is 2.24. The molecule has 0 bridgehead atoms. The van der Waals surface area contributed by atoms with Crippen molar-refractivity contribution in [3.63, 3.8) is 0 Å². The van der Waals surface area contributed by atoms with Gasteiger partial charge in [-0.05, 0) is 22.9 Å². The highest BCUT2D eigenvalue weighted by atomic mass is 15.1. The van der Waals surface area contributed by atoms with Crippen LogP contribution in [0.15, 0.2) is 59.7 Å². The largest absolute Gasteiger partial charge is 0.378 e. The highest BCUT2D eigenvalue weighted by Gasteiger charge is 2.15. The van der Waals surface area contributed by atoms with Crippen LogP contribution in [0, 0.1) is 56.7 Å². The quantitative estimate of drug-likeness (QED) is 0.757. The van der Waals surface area contributed by atoms with E-state index in [1.54, 1.807) is 36.4 Å². The zero-order valence-corrected chi connectivity index (χ0v) is 15.8. The van der Waals surface area contributed by atoms with Gasteiger partial charge in [-0.1, -0.05) is 36.4 Å². The summed E-state index contributed by atoms with van der Waals surface area (Å²) < 4.78 is 0. The van der Waals surface area contributed by atoms with Crippen LogP contribution >= 0.6 is 0 Å². The van der Waals surface area contributed by atoms with Crippen LogP contribution in [0.25, 0.3) is 11.1 Å². The molecule has 0 amide bonds. The predicted molar refractivity (Wildman–Crippen MR) is 107 cm³/mol. The van der Waals surface area contributed by atoms with E-state index in [1.807, 2.05) is 61.5 Å². The predicted octanol–water partition coefficient (Wildman–Crippen LogP) is 2.02. The molecule has 2 aromatic carbocycles. The van der Waals surface area contributed by atoms with Gasteiger partial charge in [0.15, 0.2) is 0 Å². The summed E-state index contributed by atoms with van der Waals surface area (Å²) in [7, 11) is 3.81. The van der Waals surface area contributed by atoms with Gasteiger partial charge in [0.2, 0.25) is 0 Å². The molecule has 0 spiro atoms. The van der Waals surface area contributed by atoms with Gasteiger partial charge >= 0.3 is 0 Å². The van der Waals surface area contributed by atoms with Gasteiger partial charge in [0.05, 0.1) is 5.57 Å². The summed E-state index contributed by atoms with van der Waals surface area (Å²) in [6.45, 7) is 0. The summed E-state index contributed by atoms with van der Waals surface area (Å²) in [6, 6.07) is 23.1. The van der Waals surface area contributed by atoms with Gasteiger partial charge in [0.25, 0.3) is 0 Å². The lowest BCUT2D eigenvalue weighted by atomic mass is 9.92. The van der Waals surface area contributed by atoms with Crippen molar-refractivity contribution in [2.45, 2.75) is 0 Å². The molecule has 6 nitrogen and oxygen atoms in total. The van der Waals surface area contributed by atoms with Crippen LogP contribution < -0.4 is 15.3 Å². The van der Waals surface area contributed by atoms with Crippen LogP contribution in [0.4, 0.5) is 5.69 Å². The summed E-state index contributed by atoms with van der Waals surface area (Å²) in [5.41, 5.74) is 1.69. The molecule has 0 unspecified atom stereocenters. The van der Waals surface area contributed by atoms with E-state index in [0.29, 0.717) is 21.6 Å². The minimum Gasteiger partial charge on any atom is -0.378 e. The lowest BCUT2D eigenvalue weighted by molar-refractivity contribution is 1.13. The fourth-order valence-corrected chi connectivity index (χ4v) is 2.71. The molecule has 0 aliphatic rings. The molecule has 0 aromatic heterocycles. The number of hydrogen-bond acceptors (Lipinski definition) is 6. The minimum atomic E-state index is -0.287. The normalized spacial score (nSPS) is 8.86. The minimum absolute atomic E-state index is 0.0285. The summed E-state index contributed by atoms with van der Waals surface area (Å²) >= 11 is 0. The van der Waals surface area contributed by atoms with Gasteiger partial charge < -0.3 is 4.90 Å². The number of anilines is 1. The van der Waals surface area contributed by atoms with Crippen molar-refractivity contribution in [1.29, 1.82) is 26.3 Å². The van der Waals surface area contributed by atoms with Crippen molar-refractivity contribution in [3.8, 4) is 30.3 Å². The van der Waals surface area contributed by atoms with Gasteiger partial charge in [0, 0.05) is 30.6 Å². The molecule has 0 radical (unpaired) electrons. The van der Waals surface area contributed by atoms with Crippen LogP contribution in [-0.2, 0) is 0 Å². The van der Waals surface area contributed by atoms with Gasteiger partial charge in [0.1, 0.15) is 41.5 Å². The topological polar surface area (TPSA) is 122 Å². The van der Waals surface area contributed by atoms with Gasteiger partial charge in [-0.2, -0.15) is 26.3 Å². The molecule has 0 heterocycles. The molecule has 6 heteroatoms. The molecule has 0 N–H and O–H groups in total. The van der Waals surface area contributed by atoms with Crippen LogP contribution in [-0.4, -0.2) is 14.1 Å². The van der Waals surface area contributed by atoms with E-state index in [1.165, 1.54) is 0 Å². The molecule has 0 aliphatic heterocycles. The van der Waals surface area contributed by atoms with E-state index >= 15 is 0 Å². The van der Waals surface area contributed by atoms with Crippen molar-refractivity contribution in [1.82, 2.24) is 0 Å². The Morgan fingerprint density at radius 1 is 0.655 bits per heavy atom. The van der Waals surface area contributed by atoms with Gasteiger partial charge in [-0.25, -0.2) is 0 Å². The van der Waals surface area contributed by atoms with Crippen LogP contribution in [0.1, 0.15) is 5.56 Å². The first-order valence-corrected chi connectivity index (χ1v) is 8.38. The Labute approximate surface area is 168 Å². The Kier molecular flexibility index (Phi) is 6.50. The Bertz CT molecular complexity index is 1250. The van der Waals surface area contributed by atoms with E-state index in [4.69, 9.17) is 10.5 Å². The highest BCUT2D eigenvalue weighted by molar-refractivity contribution is 5.86. The average molecular weight is 374 g/mol. The summed E-state index contributed by atoms with van der Waals surface area (Å²) in [5, 5.41) is 47.4. The third-order valence-corrected chi connectivity index (χ3v) is 4.19. The number of nitrogens with zero attached hydrogens (tertiary/aromatic N) is 6. The maximum absolute atomic E-state index is 9.68. The van der Waals surface area contributed by atoms with Crippen LogP contribution in [0.3, 0.4) is 0 Å². The van der Waals surface area contributed by atoms with Crippen molar-refractivity contribution in [2.24, 2.45) is 0 Å². The lowest BCUT2D eigenvalue weighted by Gasteiger charge is -2.14. The van der Waals surface area contributed by atoms with Crippen LogP contribution in [0.2, 0.25) is 0 Å². The Morgan fingerprint density at radius 3 is 1.59 bits per heavy atom. The Morgan fingerprint density at radius 2 is 1.17 bits per heavy atom. The van der Waals surface area contributed by atoms with E-state index in [9.17, 15) is 15.8 Å². The van der Waals surface area contributed by atoms with Crippen molar-refractivity contribution in [2.75, 3.05) is 19.0 Å². The zero-order chi connectivity index (χ0) is 21.4. The third-order valence-electron chi connectivity index (χ3n) is 4.19. The first kappa shape index (κ1) is 20.5. The Hall–Kier alpha value is -4.83. The smallest absolute Gasteiger partial charge is 0.148 e. The van der Waals surface area contributed by atoms with E-state index in [0.717, 1.165) is 5.69 Å². The molecule has 0 saturated heterocycles. The SMILES string of the molecule is CN(C)c1ccc(C(C(C#N)=C(C#N)C#N)=c2ccc(=C(C#N)C#N)cc2)cc1. The van der Waals surface area contributed by atoms with Gasteiger partial charge in [-0.3, -0.25) is 0 Å².